The molecule has 2 nitrogen and oxygen atoms in total. The summed E-state index contributed by atoms with van der Waals surface area (Å²) >= 11 is 1.97. The Bertz CT molecular complexity index is 414. The maximum Gasteiger partial charge on any atom is 0.0620 e. The molecule has 19 heavy (non-hydrogen) atoms. The molecule has 3 rings (SSSR count). The van der Waals surface area contributed by atoms with Crippen LogP contribution in [0.2, 0.25) is 0 Å². The summed E-state index contributed by atoms with van der Waals surface area (Å²) in [7, 11) is 0. The lowest BCUT2D eigenvalue weighted by molar-refractivity contribution is 0.0142. The summed E-state index contributed by atoms with van der Waals surface area (Å²) in [5.41, 5.74) is 0. The highest BCUT2D eigenvalue weighted by molar-refractivity contribution is 7.11. The summed E-state index contributed by atoms with van der Waals surface area (Å²) in [4.78, 5) is 5.57. The van der Waals surface area contributed by atoms with Gasteiger partial charge in [0, 0.05) is 29.4 Å². The van der Waals surface area contributed by atoms with Gasteiger partial charge >= 0.3 is 0 Å². The summed E-state index contributed by atoms with van der Waals surface area (Å²) < 4.78 is 0. The number of piperidine rings is 1. The molecule has 3 heteroatoms. The molecule has 2 bridgehead atoms. The number of rotatable bonds is 4. The Balaban J connectivity index is 1.58. The molecule has 1 aliphatic heterocycles. The number of hydrogen-bond donors (Lipinski definition) is 1. The van der Waals surface area contributed by atoms with Crippen LogP contribution in [0, 0.1) is 17.8 Å². The molecule has 1 saturated carbocycles. The van der Waals surface area contributed by atoms with Crippen LogP contribution >= 0.6 is 11.3 Å². The van der Waals surface area contributed by atoms with E-state index in [2.05, 4.69) is 30.9 Å². The van der Waals surface area contributed by atoms with E-state index in [4.69, 9.17) is 0 Å². The Morgan fingerprint density at radius 2 is 1.84 bits per heavy atom. The molecule has 2 fully saturated rings. The third-order valence-corrected chi connectivity index (χ3v) is 5.66. The fraction of sp³-hybridized carbons (Fsp3) is 0.750. The molecule has 1 aliphatic carbocycles. The third-order valence-electron chi connectivity index (χ3n) is 4.57. The summed E-state index contributed by atoms with van der Waals surface area (Å²) in [6.07, 6.45) is 3.64. The average Bonchev–Trinajstić information content (AvgIpc) is 2.82. The van der Waals surface area contributed by atoms with Crippen molar-refractivity contribution in [2.45, 2.75) is 45.8 Å². The van der Waals surface area contributed by atoms with Gasteiger partial charge in [-0.05, 0) is 49.1 Å². The van der Waals surface area contributed by atoms with Crippen LogP contribution in [0.4, 0.5) is 0 Å². The topological polar surface area (TPSA) is 23.5 Å². The van der Waals surface area contributed by atoms with Crippen LogP contribution in [0.5, 0.6) is 0 Å². The highest BCUT2D eigenvalue weighted by Gasteiger charge is 2.40. The number of nitrogens with zero attached hydrogens (tertiary/aromatic N) is 1. The van der Waals surface area contributed by atoms with Crippen LogP contribution < -0.4 is 0 Å². The van der Waals surface area contributed by atoms with Gasteiger partial charge in [-0.2, -0.15) is 0 Å². The van der Waals surface area contributed by atoms with E-state index in [1.807, 2.05) is 11.3 Å². The minimum atomic E-state index is -0.0175. The Kier molecular flexibility index (Phi) is 3.97. The van der Waals surface area contributed by atoms with Gasteiger partial charge in [0.05, 0.1) is 6.10 Å². The number of hydrogen-bond acceptors (Lipinski definition) is 3. The zero-order valence-corrected chi connectivity index (χ0v) is 12.8. The zero-order valence-electron chi connectivity index (χ0n) is 12.0. The van der Waals surface area contributed by atoms with E-state index in [0.29, 0.717) is 11.8 Å². The minimum Gasteiger partial charge on any atom is -0.392 e. The van der Waals surface area contributed by atoms with Crippen molar-refractivity contribution in [1.29, 1.82) is 0 Å². The molecule has 3 atom stereocenters. The quantitative estimate of drug-likeness (QED) is 0.915. The molecule has 1 aromatic rings. The van der Waals surface area contributed by atoms with E-state index in [1.54, 1.807) is 0 Å². The predicted octanol–water partition coefficient (Wildman–Crippen LogP) is 3.15. The SMILES string of the molecule is CC(C)Cc1ccc(CN2C[C@H]3CC[C@@H](C2)C3O)s1. The first-order valence-corrected chi connectivity index (χ1v) is 8.41. The van der Waals surface area contributed by atoms with Crippen LogP contribution in [-0.4, -0.2) is 29.2 Å². The van der Waals surface area contributed by atoms with E-state index in [9.17, 15) is 5.11 Å². The molecule has 0 radical (unpaired) electrons. The van der Waals surface area contributed by atoms with Gasteiger partial charge in [-0.25, -0.2) is 0 Å². The Labute approximate surface area is 120 Å². The molecule has 0 amide bonds. The van der Waals surface area contributed by atoms with Gasteiger partial charge < -0.3 is 5.11 Å². The van der Waals surface area contributed by atoms with Gasteiger partial charge in [-0.15, -0.1) is 11.3 Å². The van der Waals surface area contributed by atoms with Crippen molar-refractivity contribution in [3.63, 3.8) is 0 Å². The first-order valence-electron chi connectivity index (χ1n) is 7.60. The van der Waals surface area contributed by atoms with Crippen molar-refractivity contribution in [1.82, 2.24) is 4.90 Å². The van der Waals surface area contributed by atoms with Crippen molar-refractivity contribution in [2.75, 3.05) is 13.1 Å². The molecule has 1 saturated heterocycles. The number of likely N-dealkylation sites (tertiary alicyclic amines) is 1. The zero-order chi connectivity index (χ0) is 13.4. The van der Waals surface area contributed by atoms with E-state index >= 15 is 0 Å². The lowest BCUT2D eigenvalue weighted by Crippen LogP contribution is -2.44. The fourth-order valence-electron chi connectivity index (χ4n) is 3.66. The van der Waals surface area contributed by atoms with Crippen LogP contribution in [0.1, 0.15) is 36.4 Å². The molecule has 2 heterocycles. The second kappa shape index (κ2) is 5.55. The van der Waals surface area contributed by atoms with Crippen LogP contribution in [-0.2, 0) is 13.0 Å². The summed E-state index contributed by atoms with van der Waals surface area (Å²) in [5, 5.41) is 10.1. The maximum atomic E-state index is 10.1. The third kappa shape index (κ3) is 3.04. The molecule has 2 aliphatic rings. The van der Waals surface area contributed by atoms with Gasteiger partial charge in [0.2, 0.25) is 0 Å². The average molecular weight is 279 g/mol. The molecule has 1 unspecified atom stereocenters. The van der Waals surface area contributed by atoms with E-state index in [0.717, 1.165) is 25.6 Å². The number of aliphatic hydroxyl groups excluding tert-OH is 1. The van der Waals surface area contributed by atoms with Crippen molar-refractivity contribution >= 4 is 11.3 Å². The molecular formula is C16H25NOS. The fourth-order valence-corrected chi connectivity index (χ4v) is 4.93. The monoisotopic (exact) mass is 279 g/mol. The number of fused-ring (bicyclic) bond motifs is 2. The predicted molar refractivity (Wildman–Crippen MR) is 80.4 cm³/mol. The van der Waals surface area contributed by atoms with Crippen molar-refractivity contribution < 1.29 is 5.11 Å². The Morgan fingerprint density at radius 1 is 1.21 bits per heavy atom. The Hall–Kier alpha value is -0.380. The van der Waals surface area contributed by atoms with Crippen molar-refractivity contribution in [2.24, 2.45) is 17.8 Å². The first-order chi connectivity index (χ1) is 9.11. The van der Waals surface area contributed by atoms with Gasteiger partial charge in [0.15, 0.2) is 0 Å². The van der Waals surface area contributed by atoms with Gasteiger partial charge in [0.25, 0.3) is 0 Å². The van der Waals surface area contributed by atoms with Crippen LogP contribution in [0.15, 0.2) is 12.1 Å². The second-order valence-corrected chi connectivity index (χ2v) is 8.00. The van der Waals surface area contributed by atoms with Crippen LogP contribution in [0.3, 0.4) is 0 Å². The molecule has 106 valence electrons. The highest BCUT2D eigenvalue weighted by atomic mass is 32.1. The number of thiophene rings is 1. The lowest BCUT2D eigenvalue weighted by Gasteiger charge is -2.35. The standard InChI is InChI=1S/C16H25NOS/c1-11(2)7-14-5-6-15(19-14)10-17-8-12-3-4-13(9-17)16(12)18/h5-6,11-13,16,18H,3-4,7-10H2,1-2H3/t12-,13+,16?. The normalized spacial score (nSPS) is 31.3. The second-order valence-electron chi connectivity index (χ2n) is 6.75. The molecule has 1 aromatic heterocycles. The molecule has 1 N–H and O–H groups in total. The Morgan fingerprint density at radius 3 is 2.47 bits per heavy atom. The van der Waals surface area contributed by atoms with Crippen molar-refractivity contribution in [3.8, 4) is 0 Å². The number of aliphatic hydroxyl groups is 1. The molecule has 0 spiro atoms. The summed E-state index contributed by atoms with van der Waals surface area (Å²) in [6.45, 7) is 7.83. The molecule has 0 aromatic carbocycles. The smallest absolute Gasteiger partial charge is 0.0620 e. The molecular weight excluding hydrogens is 254 g/mol. The van der Waals surface area contributed by atoms with Gasteiger partial charge in [0.1, 0.15) is 0 Å². The first kappa shape index (κ1) is 13.6. The minimum absolute atomic E-state index is 0.0175. The largest absolute Gasteiger partial charge is 0.392 e. The maximum absolute atomic E-state index is 10.1. The van der Waals surface area contributed by atoms with E-state index < -0.39 is 0 Å². The highest BCUT2D eigenvalue weighted by Crippen LogP contribution is 2.37. The van der Waals surface area contributed by atoms with Gasteiger partial charge in [-0.1, -0.05) is 13.8 Å². The summed E-state index contributed by atoms with van der Waals surface area (Å²) in [5.74, 6) is 1.81. The van der Waals surface area contributed by atoms with E-state index in [-0.39, 0.29) is 6.10 Å². The van der Waals surface area contributed by atoms with Crippen molar-refractivity contribution in [3.05, 3.63) is 21.9 Å². The van der Waals surface area contributed by atoms with Gasteiger partial charge in [-0.3, -0.25) is 4.90 Å². The van der Waals surface area contributed by atoms with Crippen LogP contribution in [0.25, 0.3) is 0 Å². The summed E-state index contributed by atoms with van der Waals surface area (Å²) in [6, 6.07) is 4.60. The van der Waals surface area contributed by atoms with E-state index in [1.165, 1.54) is 29.0 Å². The lowest BCUT2D eigenvalue weighted by atomic mass is 9.95.